The number of rotatable bonds is 5. The van der Waals surface area contributed by atoms with Crippen LogP contribution in [-0.4, -0.2) is 23.3 Å². The summed E-state index contributed by atoms with van der Waals surface area (Å²) in [7, 11) is 0. The third-order valence-electron chi connectivity index (χ3n) is 3.92. The monoisotopic (exact) mass is 386 g/mol. The van der Waals surface area contributed by atoms with Crippen LogP contribution in [0.1, 0.15) is 5.56 Å². The molecule has 7 heteroatoms. The summed E-state index contributed by atoms with van der Waals surface area (Å²) in [4.78, 5) is 17.4. The van der Waals surface area contributed by atoms with Gasteiger partial charge in [-0.1, -0.05) is 0 Å². The topological polar surface area (TPSA) is 51.2 Å². The molecule has 0 spiro atoms. The number of nitrogens with zero attached hydrogens (tertiary/aromatic N) is 1. The number of anilines is 1. The minimum Gasteiger partial charge on any atom is -0.493 e. The molecule has 2 heterocycles. The highest BCUT2D eigenvalue weighted by molar-refractivity contribution is 8.00. The van der Waals surface area contributed by atoms with Gasteiger partial charge in [-0.15, -0.1) is 23.1 Å². The van der Waals surface area contributed by atoms with Crippen molar-refractivity contribution in [1.29, 1.82) is 0 Å². The Hall–Kier alpha value is -2.38. The van der Waals surface area contributed by atoms with Crippen molar-refractivity contribution in [3.05, 3.63) is 59.2 Å². The molecule has 0 bridgehead atoms. The highest BCUT2D eigenvalue weighted by Gasteiger charge is 2.14. The summed E-state index contributed by atoms with van der Waals surface area (Å²) in [6, 6.07) is 12.1. The Morgan fingerprint density at radius 1 is 1.27 bits per heavy atom. The van der Waals surface area contributed by atoms with Crippen LogP contribution in [0.3, 0.4) is 0 Å². The van der Waals surface area contributed by atoms with Crippen LogP contribution in [0, 0.1) is 5.82 Å². The molecule has 4 nitrogen and oxygen atoms in total. The van der Waals surface area contributed by atoms with E-state index in [1.165, 1.54) is 40.8 Å². The summed E-state index contributed by atoms with van der Waals surface area (Å²) < 4.78 is 18.4. The number of nitrogens with one attached hydrogen (secondary N) is 1. The van der Waals surface area contributed by atoms with E-state index >= 15 is 0 Å². The number of carbonyl (C=O) groups excluding carboxylic acids is 1. The van der Waals surface area contributed by atoms with Crippen LogP contribution in [0.25, 0.3) is 11.3 Å². The first-order valence-electron chi connectivity index (χ1n) is 8.07. The molecule has 0 unspecified atom stereocenters. The van der Waals surface area contributed by atoms with Crippen molar-refractivity contribution >= 4 is 34.1 Å². The number of aromatic nitrogens is 1. The number of hydrogen-bond acceptors (Lipinski definition) is 5. The number of halogens is 1. The number of hydrogen-bond donors (Lipinski definition) is 1. The smallest absolute Gasteiger partial charge is 0.236 e. The van der Waals surface area contributed by atoms with Crippen LogP contribution in [0.15, 0.2) is 52.7 Å². The Balaban J connectivity index is 1.37. The third kappa shape index (κ3) is 3.89. The molecular formula is C19H15FN2O2S2. The highest BCUT2D eigenvalue weighted by atomic mass is 32.2. The molecule has 1 aliphatic heterocycles. The van der Waals surface area contributed by atoms with Gasteiger partial charge in [0.25, 0.3) is 0 Å². The first-order chi connectivity index (χ1) is 12.7. The molecule has 3 aromatic rings. The van der Waals surface area contributed by atoms with E-state index in [1.54, 1.807) is 12.1 Å². The zero-order valence-electron chi connectivity index (χ0n) is 13.7. The Morgan fingerprint density at radius 3 is 2.96 bits per heavy atom. The lowest BCUT2D eigenvalue weighted by atomic mass is 10.1. The number of fused-ring (bicyclic) bond motifs is 1. The SMILES string of the molecule is O=C(CSc1ccc(F)cc1)Nc1nc(-c2ccc3c(c2)CCO3)cs1. The van der Waals surface area contributed by atoms with E-state index in [9.17, 15) is 9.18 Å². The molecule has 0 atom stereocenters. The number of amides is 1. The zero-order chi connectivity index (χ0) is 17.9. The van der Waals surface area contributed by atoms with Crippen LogP contribution >= 0.6 is 23.1 Å². The molecule has 0 aliphatic carbocycles. The first-order valence-corrected chi connectivity index (χ1v) is 9.94. The van der Waals surface area contributed by atoms with Crippen molar-refractivity contribution in [1.82, 2.24) is 4.98 Å². The predicted molar refractivity (Wildman–Crippen MR) is 103 cm³/mol. The fraction of sp³-hybridized carbons (Fsp3) is 0.158. The molecule has 1 N–H and O–H groups in total. The maximum atomic E-state index is 12.9. The van der Waals surface area contributed by atoms with Gasteiger partial charge >= 0.3 is 0 Å². The number of benzene rings is 2. The van der Waals surface area contributed by atoms with Crippen molar-refractivity contribution in [2.45, 2.75) is 11.3 Å². The van der Waals surface area contributed by atoms with Crippen LogP contribution in [0.5, 0.6) is 5.75 Å². The number of thiazole rings is 1. The average molecular weight is 386 g/mol. The molecule has 1 aliphatic rings. The van der Waals surface area contributed by atoms with Gasteiger partial charge in [-0.3, -0.25) is 4.79 Å². The predicted octanol–water partition coefficient (Wildman–Crippen LogP) is 4.61. The summed E-state index contributed by atoms with van der Waals surface area (Å²) >= 11 is 2.75. The largest absolute Gasteiger partial charge is 0.493 e. The summed E-state index contributed by atoms with van der Waals surface area (Å²) in [5.74, 6) is 0.765. The minimum absolute atomic E-state index is 0.137. The maximum absolute atomic E-state index is 12.9. The molecule has 0 fully saturated rings. The zero-order valence-corrected chi connectivity index (χ0v) is 15.3. The van der Waals surface area contributed by atoms with E-state index in [2.05, 4.69) is 16.4 Å². The second-order valence-electron chi connectivity index (χ2n) is 5.75. The van der Waals surface area contributed by atoms with Crippen LogP contribution in [0.2, 0.25) is 0 Å². The van der Waals surface area contributed by atoms with Gasteiger partial charge in [0.1, 0.15) is 11.6 Å². The molecule has 0 saturated heterocycles. The van der Waals surface area contributed by atoms with Gasteiger partial charge in [-0.05, 0) is 48.0 Å². The Labute approximate surface area is 158 Å². The molecule has 26 heavy (non-hydrogen) atoms. The molecule has 2 aromatic carbocycles. The van der Waals surface area contributed by atoms with Crippen molar-refractivity contribution in [3.63, 3.8) is 0 Å². The van der Waals surface area contributed by atoms with Crippen molar-refractivity contribution < 1.29 is 13.9 Å². The second-order valence-corrected chi connectivity index (χ2v) is 7.66. The minimum atomic E-state index is -0.285. The molecule has 0 saturated carbocycles. The number of carbonyl (C=O) groups is 1. The first kappa shape index (κ1) is 17.1. The fourth-order valence-electron chi connectivity index (χ4n) is 2.64. The van der Waals surface area contributed by atoms with Gasteiger partial charge in [0.15, 0.2) is 5.13 Å². The molecular weight excluding hydrogens is 371 g/mol. The van der Waals surface area contributed by atoms with Crippen molar-refractivity contribution in [2.75, 3.05) is 17.7 Å². The normalized spacial score (nSPS) is 12.5. The van der Waals surface area contributed by atoms with Gasteiger partial charge in [0.2, 0.25) is 5.91 Å². The molecule has 1 amide bonds. The van der Waals surface area contributed by atoms with Gasteiger partial charge in [-0.2, -0.15) is 0 Å². The standard InChI is InChI=1S/C19H15FN2O2S2/c20-14-2-4-15(5-3-14)25-11-18(23)22-19-21-16(10-26-19)12-1-6-17-13(9-12)7-8-24-17/h1-6,9-10H,7-8,11H2,(H,21,22,23). The van der Waals surface area contributed by atoms with E-state index in [0.717, 1.165) is 34.9 Å². The maximum Gasteiger partial charge on any atom is 0.236 e. The Bertz CT molecular complexity index is 941. The summed E-state index contributed by atoms with van der Waals surface area (Å²) in [6.07, 6.45) is 0.914. The quantitative estimate of drug-likeness (QED) is 0.651. The number of thioether (sulfide) groups is 1. The van der Waals surface area contributed by atoms with Gasteiger partial charge in [-0.25, -0.2) is 9.37 Å². The molecule has 0 radical (unpaired) electrons. The Morgan fingerprint density at radius 2 is 2.12 bits per heavy atom. The molecule has 132 valence electrons. The van der Waals surface area contributed by atoms with Crippen molar-refractivity contribution in [3.8, 4) is 17.0 Å². The Kier molecular flexibility index (Phi) is 4.90. The summed E-state index contributed by atoms with van der Waals surface area (Å²) in [5.41, 5.74) is 3.05. The third-order valence-corrected chi connectivity index (χ3v) is 5.69. The highest BCUT2D eigenvalue weighted by Crippen LogP contribution is 2.32. The van der Waals surface area contributed by atoms with Gasteiger partial charge in [0.05, 0.1) is 18.1 Å². The van der Waals surface area contributed by atoms with Crippen LogP contribution in [-0.2, 0) is 11.2 Å². The van der Waals surface area contributed by atoms with Crippen LogP contribution < -0.4 is 10.1 Å². The molecule has 4 rings (SSSR count). The van der Waals surface area contributed by atoms with Gasteiger partial charge < -0.3 is 10.1 Å². The van der Waals surface area contributed by atoms with E-state index < -0.39 is 0 Å². The van der Waals surface area contributed by atoms with E-state index in [1.807, 2.05) is 17.5 Å². The summed E-state index contributed by atoms with van der Waals surface area (Å²) in [6.45, 7) is 0.725. The lowest BCUT2D eigenvalue weighted by molar-refractivity contribution is -0.113. The van der Waals surface area contributed by atoms with E-state index in [-0.39, 0.29) is 17.5 Å². The lowest BCUT2D eigenvalue weighted by Gasteiger charge is -2.03. The lowest BCUT2D eigenvalue weighted by Crippen LogP contribution is -2.13. The number of ether oxygens (including phenoxy) is 1. The summed E-state index contributed by atoms with van der Waals surface area (Å²) in [5, 5.41) is 5.32. The molecule has 1 aromatic heterocycles. The van der Waals surface area contributed by atoms with Gasteiger partial charge in [0, 0.05) is 22.3 Å². The second kappa shape index (κ2) is 7.47. The van der Waals surface area contributed by atoms with Crippen molar-refractivity contribution in [2.24, 2.45) is 0 Å². The van der Waals surface area contributed by atoms with E-state index in [0.29, 0.717) is 5.13 Å². The average Bonchev–Trinajstić information content (AvgIpc) is 3.29. The fourth-order valence-corrected chi connectivity index (χ4v) is 4.08. The van der Waals surface area contributed by atoms with Crippen LogP contribution in [0.4, 0.5) is 9.52 Å². The van der Waals surface area contributed by atoms with E-state index in [4.69, 9.17) is 4.74 Å².